The molecule has 36 valence electrons. The van der Waals surface area contributed by atoms with E-state index >= 15 is 0 Å². The molecule has 0 atom stereocenters. The van der Waals surface area contributed by atoms with Gasteiger partial charge in [-0.1, -0.05) is 0 Å². The van der Waals surface area contributed by atoms with E-state index in [1.807, 2.05) is 0 Å². The number of hydrogen-bond acceptors (Lipinski definition) is 2. The van der Waals surface area contributed by atoms with E-state index in [0.717, 1.165) is 0 Å². The van der Waals surface area contributed by atoms with Crippen LogP contribution in [0.15, 0.2) is 0 Å². The van der Waals surface area contributed by atoms with Crippen LogP contribution in [0.4, 0.5) is 0 Å². The van der Waals surface area contributed by atoms with Crippen molar-refractivity contribution in [1.82, 2.24) is 0 Å². The molecule has 0 rings (SSSR count). The summed E-state index contributed by atoms with van der Waals surface area (Å²) < 4.78 is 25.5. The second-order valence-corrected chi connectivity index (χ2v) is 2.73. The molecule has 1 N–H and O–H groups in total. The molecular weight excluding hydrogens is 126 g/mol. The van der Waals surface area contributed by atoms with Crippen LogP contribution in [-0.2, 0) is 9.15 Å². The molecule has 0 radical (unpaired) electrons. The quantitative estimate of drug-likeness (QED) is 0.180. The van der Waals surface area contributed by atoms with Crippen molar-refractivity contribution in [1.29, 1.82) is 0 Å². The van der Waals surface area contributed by atoms with Crippen LogP contribution in [0.25, 0.3) is 0 Å². The topological polar surface area (TPSA) is 54.4 Å². The van der Waals surface area contributed by atoms with E-state index in [1.54, 1.807) is 0 Å². The van der Waals surface area contributed by atoms with Gasteiger partial charge in [0.2, 0.25) is 0 Å². The Balaban J connectivity index is -0.0000000800. The van der Waals surface area contributed by atoms with Gasteiger partial charge in [-0.3, -0.25) is 4.55 Å². The van der Waals surface area contributed by atoms with Crippen molar-refractivity contribution in [3.8, 4) is 0 Å². The molecule has 0 heterocycles. The van der Waals surface area contributed by atoms with Gasteiger partial charge >= 0.3 is 46.9 Å². The Labute approximate surface area is 71.2 Å². The zero-order valence-corrected chi connectivity index (χ0v) is 3.83. The van der Waals surface area contributed by atoms with Gasteiger partial charge in [0, 0.05) is 0 Å². The summed E-state index contributed by atoms with van der Waals surface area (Å²) in [5.41, 5.74) is 0. The maximum absolute atomic E-state index is 9.05. The van der Waals surface area contributed by atoms with Crippen molar-refractivity contribution in [3.05, 3.63) is 0 Å². The monoisotopic (exact) mass is 130 g/mol. The van der Waals surface area contributed by atoms with E-state index < -0.39 is 9.15 Å². The van der Waals surface area contributed by atoms with Gasteiger partial charge in [-0.15, -0.1) is 0 Å². The van der Waals surface area contributed by atoms with Crippen molar-refractivity contribution >= 4 is 58.5 Å². The van der Waals surface area contributed by atoms with Crippen molar-refractivity contribution in [2.75, 3.05) is 0 Å². The molecule has 0 amide bonds. The molecule has 0 unspecified atom stereocenters. The van der Waals surface area contributed by atoms with E-state index in [4.69, 9.17) is 13.0 Å². The summed E-state index contributed by atoms with van der Waals surface area (Å²) in [6, 6.07) is 0. The van der Waals surface area contributed by atoms with Crippen LogP contribution in [0.1, 0.15) is 0 Å². The molecule has 0 fully saturated rings. The van der Waals surface area contributed by atoms with Crippen LogP contribution in [-0.4, -0.2) is 50.7 Å². The Bertz CT molecular complexity index is 94.1. The standard InChI is InChI=1S/2Li.H2O3S2.2H/c;;1-5(2,3)4;;/h;;(H2,1,2,3,4);;. The minimum absolute atomic E-state index is 0. The number of thiol groups is 1. The van der Waals surface area contributed by atoms with E-state index in [0.29, 0.717) is 0 Å². The zero-order valence-electron chi connectivity index (χ0n) is 2.12. The van der Waals surface area contributed by atoms with Gasteiger partial charge in [-0.2, -0.15) is 8.42 Å². The summed E-state index contributed by atoms with van der Waals surface area (Å²) in [7, 11) is -3.97. The first kappa shape index (κ1) is 15.8. The van der Waals surface area contributed by atoms with Gasteiger partial charge in [-0.25, -0.2) is 0 Å². The predicted octanol–water partition coefficient (Wildman–Crippen LogP) is -1.58. The fourth-order valence-corrected chi connectivity index (χ4v) is 0. The molecule has 0 aliphatic carbocycles. The van der Waals surface area contributed by atoms with Gasteiger partial charge in [0.15, 0.2) is 0 Å². The Morgan fingerprint density at radius 1 is 1.29 bits per heavy atom. The molecule has 0 saturated heterocycles. The molecule has 0 bridgehead atoms. The fourth-order valence-electron chi connectivity index (χ4n) is 0. The van der Waals surface area contributed by atoms with Crippen molar-refractivity contribution < 1.29 is 13.0 Å². The molecule has 7 heavy (non-hydrogen) atoms. The molecule has 0 aromatic rings. The van der Waals surface area contributed by atoms with Crippen LogP contribution in [0.2, 0.25) is 0 Å². The van der Waals surface area contributed by atoms with Crippen LogP contribution in [0, 0.1) is 0 Å². The second-order valence-electron chi connectivity index (χ2n) is 0.448. The zero-order chi connectivity index (χ0) is 4.50. The van der Waals surface area contributed by atoms with E-state index in [2.05, 4.69) is 11.7 Å². The molecule has 0 spiro atoms. The van der Waals surface area contributed by atoms with Crippen molar-refractivity contribution in [2.24, 2.45) is 0 Å². The van der Waals surface area contributed by atoms with Crippen LogP contribution < -0.4 is 0 Å². The first-order valence-corrected chi connectivity index (χ1v) is 3.19. The Kier molecular flexibility index (Phi) is 12.6. The summed E-state index contributed by atoms with van der Waals surface area (Å²) in [4.78, 5) is 0. The predicted molar refractivity (Wildman–Crippen MR) is 34.8 cm³/mol. The molecular formula is H4Li2O3S2. The molecule has 0 aromatic heterocycles. The van der Waals surface area contributed by atoms with E-state index in [9.17, 15) is 0 Å². The molecule has 3 nitrogen and oxygen atoms in total. The first-order valence-electron chi connectivity index (χ1n) is 0.698. The number of rotatable bonds is 0. The third-order valence-corrected chi connectivity index (χ3v) is 0. The summed E-state index contributed by atoms with van der Waals surface area (Å²) in [6.45, 7) is 0. The van der Waals surface area contributed by atoms with Crippen LogP contribution in [0.5, 0.6) is 0 Å². The van der Waals surface area contributed by atoms with Gasteiger partial charge in [0.1, 0.15) is 0 Å². The third-order valence-electron chi connectivity index (χ3n) is 0. The summed E-state index contributed by atoms with van der Waals surface area (Å²) in [6.07, 6.45) is 0. The fraction of sp³-hybridized carbons (Fsp3) is 0. The van der Waals surface area contributed by atoms with Crippen LogP contribution in [0.3, 0.4) is 0 Å². The van der Waals surface area contributed by atoms with E-state index in [-0.39, 0.29) is 37.7 Å². The Hall–Kier alpha value is 1.45. The minimum atomic E-state index is -3.97. The molecule has 0 aliphatic rings. The summed E-state index contributed by atoms with van der Waals surface area (Å²) >= 11 is 2.65. The van der Waals surface area contributed by atoms with Gasteiger partial charge in [0.05, 0.1) is 0 Å². The average molecular weight is 130 g/mol. The molecule has 7 heteroatoms. The molecule has 0 aliphatic heterocycles. The normalized spacial score (nSPS) is 8.29. The Morgan fingerprint density at radius 2 is 1.29 bits per heavy atom. The summed E-state index contributed by atoms with van der Waals surface area (Å²) in [5, 5.41) is 0. The number of hydrogen-bond donors (Lipinski definition) is 2. The van der Waals surface area contributed by atoms with Crippen molar-refractivity contribution in [2.45, 2.75) is 0 Å². The maximum atomic E-state index is 9.05. The van der Waals surface area contributed by atoms with Crippen molar-refractivity contribution in [3.63, 3.8) is 0 Å². The van der Waals surface area contributed by atoms with Gasteiger partial charge < -0.3 is 0 Å². The molecule has 0 aromatic carbocycles. The van der Waals surface area contributed by atoms with E-state index in [1.165, 1.54) is 0 Å². The third kappa shape index (κ3) is 105. The van der Waals surface area contributed by atoms with Gasteiger partial charge in [0.25, 0.3) is 0 Å². The van der Waals surface area contributed by atoms with Crippen LogP contribution >= 0.6 is 11.7 Å². The first-order chi connectivity index (χ1) is 2.00. The second kappa shape index (κ2) is 5.59. The average Bonchev–Trinajstić information content (AvgIpc) is 0.722. The SMILES string of the molecule is O=S(=O)(O)S.[LiH].[LiH]. The summed E-state index contributed by atoms with van der Waals surface area (Å²) in [5.74, 6) is 0. The Morgan fingerprint density at radius 3 is 1.29 bits per heavy atom. The van der Waals surface area contributed by atoms with Gasteiger partial charge in [-0.05, 0) is 11.7 Å². The molecule has 0 saturated carbocycles.